The zero-order valence-electron chi connectivity index (χ0n) is 12.4. The van der Waals surface area contributed by atoms with Gasteiger partial charge in [0.25, 0.3) is 0 Å². The molecule has 0 amide bonds. The molecule has 2 aromatic carbocycles. The number of fused-ring (bicyclic) bond motifs is 1. The summed E-state index contributed by atoms with van der Waals surface area (Å²) in [4.78, 5) is 0. The summed E-state index contributed by atoms with van der Waals surface area (Å²) in [6, 6.07) is 12.1. The van der Waals surface area contributed by atoms with Crippen molar-refractivity contribution in [3.63, 3.8) is 0 Å². The van der Waals surface area contributed by atoms with E-state index in [1.807, 2.05) is 30.3 Å². The third-order valence-corrected chi connectivity index (χ3v) is 4.07. The Balaban J connectivity index is 1.82. The van der Waals surface area contributed by atoms with E-state index in [1.54, 1.807) is 6.92 Å². The summed E-state index contributed by atoms with van der Waals surface area (Å²) in [6.07, 6.45) is 2.98. The molecule has 0 bridgehead atoms. The maximum atomic E-state index is 9.97. The van der Waals surface area contributed by atoms with Gasteiger partial charge in [-0.1, -0.05) is 36.4 Å². The summed E-state index contributed by atoms with van der Waals surface area (Å²) in [7, 11) is 0. The Bertz CT molecular complexity index is 600. The van der Waals surface area contributed by atoms with Gasteiger partial charge >= 0.3 is 0 Å². The maximum Gasteiger partial charge on any atom is 0.132 e. The average Bonchev–Trinajstić information content (AvgIpc) is 3.00. The molecule has 3 nitrogen and oxygen atoms in total. The Kier molecular flexibility index (Phi) is 4.42. The smallest absolute Gasteiger partial charge is 0.132 e. The first kappa shape index (κ1) is 14.4. The van der Waals surface area contributed by atoms with Crippen LogP contribution in [0.5, 0.6) is 5.75 Å². The molecule has 0 radical (unpaired) electrons. The van der Waals surface area contributed by atoms with Gasteiger partial charge in [-0.25, -0.2) is 0 Å². The third kappa shape index (κ3) is 3.20. The van der Waals surface area contributed by atoms with Crippen molar-refractivity contribution >= 4 is 10.8 Å². The van der Waals surface area contributed by atoms with Crippen molar-refractivity contribution in [2.45, 2.75) is 38.4 Å². The quantitative estimate of drug-likeness (QED) is 0.907. The van der Waals surface area contributed by atoms with E-state index >= 15 is 0 Å². The molecule has 2 aromatic rings. The maximum absolute atomic E-state index is 9.97. The highest BCUT2D eigenvalue weighted by Gasteiger charge is 2.17. The molecule has 1 saturated heterocycles. The summed E-state index contributed by atoms with van der Waals surface area (Å²) in [6.45, 7) is 3.27. The van der Waals surface area contributed by atoms with Gasteiger partial charge in [0.15, 0.2) is 0 Å². The van der Waals surface area contributed by atoms with Crippen molar-refractivity contribution in [2.75, 3.05) is 13.2 Å². The molecule has 0 aliphatic carbocycles. The Morgan fingerprint density at radius 3 is 2.90 bits per heavy atom. The number of rotatable bonds is 5. The molecular weight excluding hydrogens is 264 g/mol. The fourth-order valence-corrected chi connectivity index (χ4v) is 2.91. The van der Waals surface area contributed by atoms with Crippen molar-refractivity contribution in [3.8, 4) is 5.75 Å². The molecule has 1 N–H and O–H groups in total. The van der Waals surface area contributed by atoms with Gasteiger partial charge in [-0.3, -0.25) is 0 Å². The van der Waals surface area contributed by atoms with Gasteiger partial charge in [0.1, 0.15) is 5.75 Å². The molecular formula is C18H22O3. The molecule has 1 unspecified atom stereocenters. The highest BCUT2D eigenvalue weighted by Crippen LogP contribution is 2.34. The molecule has 1 aliphatic heterocycles. The Hall–Kier alpha value is -1.58. The van der Waals surface area contributed by atoms with Gasteiger partial charge in [0.2, 0.25) is 0 Å². The lowest BCUT2D eigenvalue weighted by atomic mass is 10.0. The van der Waals surface area contributed by atoms with Crippen LogP contribution >= 0.6 is 0 Å². The van der Waals surface area contributed by atoms with E-state index in [2.05, 4.69) is 6.07 Å². The first-order valence-corrected chi connectivity index (χ1v) is 7.70. The standard InChI is InChI=1S/C18H22O3/c1-13(19)16-9-8-14-5-2-3-7-17(14)18(16)21-12-10-15-6-4-11-20-15/h2-3,5,7-9,13,15,19H,4,6,10-12H2,1H3/t13-,15?/m1/s1. The fraction of sp³-hybridized carbons (Fsp3) is 0.444. The van der Waals surface area contributed by atoms with Crippen LogP contribution in [0.25, 0.3) is 10.8 Å². The fourth-order valence-electron chi connectivity index (χ4n) is 2.91. The second kappa shape index (κ2) is 6.46. The van der Waals surface area contributed by atoms with E-state index in [-0.39, 0.29) is 0 Å². The van der Waals surface area contributed by atoms with Gasteiger partial charge in [-0.2, -0.15) is 0 Å². The number of benzene rings is 2. The molecule has 21 heavy (non-hydrogen) atoms. The number of aliphatic hydroxyl groups excluding tert-OH is 1. The molecule has 112 valence electrons. The van der Waals surface area contributed by atoms with Crippen molar-refractivity contribution < 1.29 is 14.6 Å². The average molecular weight is 286 g/mol. The predicted molar refractivity (Wildman–Crippen MR) is 83.7 cm³/mol. The predicted octanol–water partition coefficient (Wildman–Crippen LogP) is 3.84. The number of aliphatic hydroxyl groups is 1. The minimum Gasteiger partial charge on any atom is -0.492 e. The highest BCUT2D eigenvalue weighted by atomic mass is 16.5. The lowest BCUT2D eigenvalue weighted by Crippen LogP contribution is -2.12. The second-order valence-corrected chi connectivity index (χ2v) is 5.65. The third-order valence-electron chi connectivity index (χ3n) is 4.07. The minimum atomic E-state index is -0.535. The summed E-state index contributed by atoms with van der Waals surface area (Å²) >= 11 is 0. The van der Waals surface area contributed by atoms with E-state index in [1.165, 1.54) is 0 Å². The molecule has 3 heteroatoms. The largest absolute Gasteiger partial charge is 0.492 e. The first-order chi connectivity index (χ1) is 10.3. The van der Waals surface area contributed by atoms with Crippen LogP contribution in [0.3, 0.4) is 0 Å². The van der Waals surface area contributed by atoms with E-state index in [0.717, 1.165) is 48.0 Å². The van der Waals surface area contributed by atoms with E-state index < -0.39 is 6.10 Å². The molecule has 0 saturated carbocycles. The molecule has 0 spiro atoms. The number of ether oxygens (including phenoxy) is 2. The van der Waals surface area contributed by atoms with Crippen molar-refractivity contribution in [1.29, 1.82) is 0 Å². The zero-order valence-corrected chi connectivity index (χ0v) is 12.4. The SMILES string of the molecule is C[C@@H](O)c1ccc2ccccc2c1OCCC1CCCO1. The van der Waals surface area contributed by atoms with Crippen LogP contribution in [0, 0.1) is 0 Å². The number of hydrogen-bond acceptors (Lipinski definition) is 3. The minimum absolute atomic E-state index is 0.329. The molecule has 0 aromatic heterocycles. The van der Waals surface area contributed by atoms with Gasteiger partial charge in [0.05, 0.1) is 18.8 Å². The van der Waals surface area contributed by atoms with Crippen LogP contribution in [-0.4, -0.2) is 24.4 Å². The number of hydrogen-bond donors (Lipinski definition) is 1. The Morgan fingerprint density at radius 1 is 1.29 bits per heavy atom. The molecule has 1 aliphatic rings. The van der Waals surface area contributed by atoms with Gasteiger partial charge in [-0.05, 0) is 25.2 Å². The zero-order chi connectivity index (χ0) is 14.7. The van der Waals surface area contributed by atoms with Crippen molar-refractivity contribution in [1.82, 2.24) is 0 Å². The van der Waals surface area contributed by atoms with Crippen molar-refractivity contribution in [2.24, 2.45) is 0 Å². The Labute approximate surface area is 125 Å². The van der Waals surface area contributed by atoms with Crippen LogP contribution in [0.4, 0.5) is 0 Å². The van der Waals surface area contributed by atoms with Gasteiger partial charge < -0.3 is 14.6 Å². The van der Waals surface area contributed by atoms with Crippen LogP contribution in [0.15, 0.2) is 36.4 Å². The first-order valence-electron chi connectivity index (χ1n) is 7.70. The van der Waals surface area contributed by atoms with Crippen LogP contribution in [-0.2, 0) is 4.74 Å². The molecule has 3 rings (SSSR count). The topological polar surface area (TPSA) is 38.7 Å². The van der Waals surface area contributed by atoms with E-state index in [4.69, 9.17) is 9.47 Å². The summed E-state index contributed by atoms with van der Waals surface area (Å²) < 4.78 is 11.7. The van der Waals surface area contributed by atoms with Gasteiger partial charge in [0, 0.05) is 24.0 Å². The van der Waals surface area contributed by atoms with Crippen molar-refractivity contribution in [3.05, 3.63) is 42.0 Å². The molecule has 1 fully saturated rings. The monoisotopic (exact) mass is 286 g/mol. The lowest BCUT2D eigenvalue weighted by Gasteiger charge is -2.17. The van der Waals surface area contributed by atoms with Crippen LogP contribution in [0.1, 0.15) is 37.9 Å². The normalized spacial score (nSPS) is 19.8. The highest BCUT2D eigenvalue weighted by molar-refractivity contribution is 5.89. The van der Waals surface area contributed by atoms with Crippen LogP contribution in [0.2, 0.25) is 0 Å². The summed E-state index contributed by atoms with van der Waals surface area (Å²) in [5, 5.41) is 12.2. The summed E-state index contributed by atoms with van der Waals surface area (Å²) in [5.74, 6) is 0.807. The molecule has 1 heterocycles. The van der Waals surface area contributed by atoms with E-state index in [0.29, 0.717) is 12.7 Å². The van der Waals surface area contributed by atoms with Crippen LogP contribution < -0.4 is 4.74 Å². The lowest BCUT2D eigenvalue weighted by molar-refractivity contribution is 0.0899. The summed E-state index contributed by atoms with van der Waals surface area (Å²) in [5.41, 5.74) is 0.848. The Morgan fingerprint density at radius 2 is 2.14 bits per heavy atom. The molecule has 2 atom stereocenters. The van der Waals surface area contributed by atoms with E-state index in [9.17, 15) is 5.11 Å². The van der Waals surface area contributed by atoms with Gasteiger partial charge in [-0.15, -0.1) is 0 Å². The second-order valence-electron chi connectivity index (χ2n) is 5.65.